The number of hydrogen-bond donors (Lipinski definition) is 2. The van der Waals surface area contributed by atoms with E-state index in [9.17, 15) is 10.2 Å². The van der Waals surface area contributed by atoms with Crippen LogP contribution >= 0.6 is 0 Å². The van der Waals surface area contributed by atoms with E-state index in [2.05, 4.69) is 4.99 Å². The van der Waals surface area contributed by atoms with Crippen molar-refractivity contribution in [2.75, 3.05) is 19.9 Å². The third kappa shape index (κ3) is 1.52. The first-order valence-electron chi connectivity index (χ1n) is 5.78. The van der Waals surface area contributed by atoms with Crippen LogP contribution in [0.15, 0.2) is 17.3 Å². The molecule has 0 saturated carbocycles. The molecule has 0 aromatic heterocycles. The van der Waals surface area contributed by atoms with Crippen LogP contribution in [0.4, 0.5) is 0 Å². The summed E-state index contributed by atoms with van der Waals surface area (Å²) in [5, 5.41) is 19.4. The molecule has 0 aromatic carbocycles. The largest absolute Gasteiger partial charge is 0.394 e. The Kier molecular flexibility index (Phi) is 2.67. The fourth-order valence-electron chi connectivity index (χ4n) is 2.63. The summed E-state index contributed by atoms with van der Waals surface area (Å²) in [6.45, 7) is 0.899. The fourth-order valence-corrected chi connectivity index (χ4v) is 2.63. The zero-order valence-electron chi connectivity index (χ0n) is 9.40. The van der Waals surface area contributed by atoms with Gasteiger partial charge in [0.25, 0.3) is 0 Å². The maximum Gasteiger partial charge on any atom is 0.163 e. The van der Waals surface area contributed by atoms with Crippen molar-refractivity contribution in [1.29, 1.82) is 0 Å². The highest BCUT2D eigenvalue weighted by atomic mass is 16.6. The third-order valence-corrected chi connectivity index (χ3v) is 3.63. The van der Waals surface area contributed by atoms with Crippen LogP contribution in [0.2, 0.25) is 0 Å². The van der Waals surface area contributed by atoms with Gasteiger partial charge in [-0.05, 0) is 6.08 Å². The van der Waals surface area contributed by atoms with Crippen LogP contribution in [0.1, 0.15) is 6.42 Å². The normalized spacial score (nSPS) is 44.4. The molecule has 3 aliphatic heterocycles. The average Bonchev–Trinajstić information content (AvgIpc) is 2.63. The summed E-state index contributed by atoms with van der Waals surface area (Å²) in [5.74, 6) is 0. The number of aliphatic imine (C=N–C) groups is 1. The van der Waals surface area contributed by atoms with Gasteiger partial charge >= 0.3 is 0 Å². The van der Waals surface area contributed by atoms with Crippen LogP contribution in [0.25, 0.3) is 0 Å². The summed E-state index contributed by atoms with van der Waals surface area (Å²) in [6, 6.07) is 0. The smallest absolute Gasteiger partial charge is 0.163 e. The summed E-state index contributed by atoms with van der Waals surface area (Å²) in [4.78, 5) is 6.02. The van der Waals surface area contributed by atoms with Gasteiger partial charge in [0.15, 0.2) is 6.23 Å². The monoisotopic (exact) mass is 240 g/mol. The second-order valence-electron chi connectivity index (χ2n) is 4.54. The maximum absolute atomic E-state index is 10.2. The van der Waals surface area contributed by atoms with Gasteiger partial charge in [-0.2, -0.15) is 0 Å². The van der Waals surface area contributed by atoms with Crippen molar-refractivity contribution in [2.45, 2.75) is 30.5 Å². The first-order valence-corrected chi connectivity index (χ1v) is 5.78. The summed E-state index contributed by atoms with van der Waals surface area (Å²) in [5.41, 5.74) is -0.704. The molecule has 94 valence electrons. The zero-order chi connectivity index (χ0) is 11.9. The zero-order valence-corrected chi connectivity index (χ0v) is 9.40. The molecule has 6 nitrogen and oxygen atoms in total. The van der Waals surface area contributed by atoms with Gasteiger partial charge in [0.2, 0.25) is 0 Å². The molecule has 1 spiro atoms. The van der Waals surface area contributed by atoms with Crippen LogP contribution in [0.5, 0.6) is 0 Å². The van der Waals surface area contributed by atoms with Crippen LogP contribution in [-0.2, 0) is 9.47 Å². The number of rotatable bonds is 2. The Hall–Kier alpha value is -0.950. The van der Waals surface area contributed by atoms with E-state index in [1.165, 1.54) is 0 Å². The van der Waals surface area contributed by atoms with E-state index >= 15 is 0 Å². The Morgan fingerprint density at radius 3 is 2.88 bits per heavy atom. The van der Waals surface area contributed by atoms with Crippen molar-refractivity contribution in [1.82, 2.24) is 4.90 Å². The van der Waals surface area contributed by atoms with Gasteiger partial charge in [-0.25, -0.2) is 0 Å². The first kappa shape index (κ1) is 11.2. The number of hydrogen-bond acceptors (Lipinski definition) is 6. The summed E-state index contributed by atoms with van der Waals surface area (Å²) < 4.78 is 11.3. The minimum absolute atomic E-state index is 0.205. The van der Waals surface area contributed by atoms with Crippen LogP contribution in [0.3, 0.4) is 0 Å². The molecular weight excluding hydrogens is 224 g/mol. The molecule has 0 aliphatic carbocycles. The van der Waals surface area contributed by atoms with Gasteiger partial charge in [0.1, 0.15) is 24.5 Å². The van der Waals surface area contributed by atoms with Crippen LogP contribution < -0.4 is 0 Å². The predicted molar refractivity (Wildman–Crippen MR) is 59.4 cm³/mol. The fraction of sp³-hybridized carbons (Fsp3) is 0.727. The molecular formula is C11H16N2O4. The van der Waals surface area contributed by atoms with Crippen LogP contribution in [0, 0.1) is 0 Å². The SMILES string of the molecule is OCC1OC(N2C=CC=NC2)C2(CCO2)C1O. The van der Waals surface area contributed by atoms with Crippen molar-refractivity contribution >= 4 is 6.21 Å². The average molecular weight is 240 g/mol. The molecule has 4 unspecified atom stereocenters. The van der Waals surface area contributed by atoms with Crippen molar-refractivity contribution in [3.05, 3.63) is 12.3 Å². The lowest BCUT2D eigenvalue weighted by Gasteiger charge is -2.46. The highest BCUT2D eigenvalue weighted by Crippen LogP contribution is 2.44. The van der Waals surface area contributed by atoms with Crippen molar-refractivity contribution in [2.24, 2.45) is 4.99 Å². The highest BCUT2D eigenvalue weighted by Gasteiger charge is 2.62. The molecule has 6 heteroatoms. The topological polar surface area (TPSA) is 74.5 Å². The molecule has 17 heavy (non-hydrogen) atoms. The van der Waals surface area contributed by atoms with Gasteiger partial charge in [0, 0.05) is 18.8 Å². The lowest BCUT2D eigenvalue weighted by atomic mass is 9.86. The number of aliphatic hydroxyl groups excluding tert-OH is 2. The predicted octanol–water partition coefficient (Wildman–Crippen LogP) is -0.919. The van der Waals surface area contributed by atoms with E-state index in [-0.39, 0.29) is 12.8 Å². The maximum atomic E-state index is 10.2. The Labute approximate surface area is 99.2 Å². The van der Waals surface area contributed by atoms with E-state index in [4.69, 9.17) is 9.47 Å². The van der Waals surface area contributed by atoms with Gasteiger partial charge in [-0.3, -0.25) is 4.99 Å². The van der Waals surface area contributed by atoms with Crippen molar-refractivity contribution in [3.63, 3.8) is 0 Å². The first-order chi connectivity index (χ1) is 8.28. The minimum atomic E-state index is -0.787. The third-order valence-electron chi connectivity index (χ3n) is 3.63. The van der Waals surface area contributed by atoms with Crippen molar-refractivity contribution < 1.29 is 19.7 Å². The summed E-state index contributed by atoms with van der Waals surface area (Å²) in [7, 11) is 0. The van der Waals surface area contributed by atoms with E-state index in [0.717, 1.165) is 6.42 Å². The standard InChI is InChI=1S/C11H16N2O4/c14-6-8-9(15)11(2-5-16-11)10(17-8)13-4-1-3-12-7-13/h1,3-4,8-10,14-15H,2,5-7H2. The second-order valence-corrected chi connectivity index (χ2v) is 4.54. The van der Waals surface area contributed by atoms with E-state index in [1.807, 2.05) is 17.2 Å². The summed E-state index contributed by atoms with van der Waals surface area (Å²) >= 11 is 0. The molecule has 2 N–H and O–H groups in total. The van der Waals surface area contributed by atoms with Gasteiger partial charge in [-0.1, -0.05) is 0 Å². The Morgan fingerprint density at radius 2 is 2.35 bits per heavy atom. The summed E-state index contributed by atoms with van der Waals surface area (Å²) in [6.07, 6.45) is 4.40. The molecule has 3 aliphatic rings. The number of ether oxygens (including phenoxy) is 2. The molecule has 4 atom stereocenters. The van der Waals surface area contributed by atoms with E-state index in [1.54, 1.807) is 6.21 Å². The lowest BCUT2D eigenvalue weighted by molar-refractivity contribution is -0.233. The van der Waals surface area contributed by atoms with Crippen molar-refractivity contribution in [3.8, 4) is 0 Å². The number of nitrogens with zero attached hydrogens (tertiary/aromatic N) is 2. The lowest BCUT2D eigenvalue weighted by Crippen LogP contribution is -2.62. The molecule has 0 aromatic rings. The Bertz CT molecular complexity index is 353. The van der Waals surface area contributed by atoms with Gasteiger partial charge in [0.05, 0.1) is 13.2 Å². The second kappa shape index (κ2) is 4.06. The molecule has 2 saturated heterocycles. The van der Waals surface area contributed by atoms with E-state index in [0.29, 0.717) is 13.3 Å². The number of allylic oxidation sites excluding steroid dienone is 1. The highest BCUT2D eigenvalue weighted by molar-refractivity contribution is 5.71. The molecule has 3 heterocycles. The van der Waals surface area contributed by atoms with Gasteiger partial charge in [-0.15, -0.1) is 0 Å². The molecule has 2 fully saturated rings. The van der Waals surface area contributed by atoms with E-state index < -0.39 is 17.8 Å². The number of aliphatic hydroxyl groups is 2. The Balaban J connectivity index is 1.83. The Morgan fingerprint density at radius 1 is 1.53 bits per heavy atom. The molecule has 0 amide bonds. The molecule has 0 bridgehead atoms. The molecule has 0 radical (unpaired) electrons. The molecule has 3 rings (SSSR count). The minimum Gasteiger partial charge on any atom is -0.394 e. The van der Waals surface area contributed by atoms with Crippen LogP contribution in [-0.4, -0.2) is 65.2 Å². The quantitative estimate of drug-likeness (QED) is 0.653. The van der Waals surface area contributed by atoms with Gasteiger partial charge < -0.3 is 24.6 Å².